The first-order valence-corrected chi connectivity index (χ1v) is 6.98. The topological polar surface area (TPSA) is 66.8 Å². The van der Waals surface area contributed by atoms with Crippen LogP contribution in [-0.4, -0.2) is 44.5 Å². The largest absolute Gasteiger partial charge is 0.304 e. The van der Waals surface area contributed by atoms with Gasteiger partial charge in [-0.05, 0) is 19.6 Å². The maximum atomic E-state index is 9.53. The molecule has 0 radical (unpaired) electrons. The van der Waals surface area contributed by atoms with Gasteiger partial charge in [-0.3, -0.25) is 0 Å². The fourth-order valence-corrected chi connectivity index (χ4v) is 0.671. The predicted octanol–water partition coefficient (Wildman–Crippen LogP) is 1.81. The summed E-state index contributed by atoms with van der Waals surface area (Å²) in [4.78, 5) is 2.38. The molecule has 0 bridgehead atoms. The molecule has 6 heteroatoms. The minimum absolute atomic E-state index is 0.743. The molecular formula is C9H25NO4S. The summed E-state index contributed by atoms with van der Waals surface area (Å²) in [6.45, 7) is 14.1. The molecule has 1 N–H and O–H groups in total. The first-order valence-electron chi connectivity index (χ1n) is 5.16. The Hall–Kier alpha value is -0.170. The minimum Gasteiger partial charge on any atom is -0.304 e. The molecule has 15 heavy (non-hydrogen) atoms. The molecule has 0 aromatic rings. The van der Waals surface area contributed by atoms with Crippen molar-refractivity contribution in [1.29, 1.82) is 0 Å². The minimum atomic E-state index is -3.61. The molecule has 0 heterocycles. The molecule has 0 aliphatic carbocycles. The SMILES string of the molecule is CC.CCN(CC)CC.CS(=O)(=O)OO. The van der Waals surface area contributed by atoms with Crippen LogP contribution in [0.4, 0.5) is 0 Å². The molecule has 0 aromatic heterocycles. The van der Waals surface area contributed by atoms with Gasteiger partial charge in [-0.1, -0.05) is 34.6 Å². The van der Waals surface area contributed by atoms with Crippen molar-refractivity contribution in [3.8, 4) is 0 Å². The second-order valence-corrected chi connectivity index (χ2v) is 3.96. The molecule has 96 valence electrons. The molecular weight excluding hydrogens is 218 g/mol. The highest BCUT2D eigenvalue weighted by molar-refractivity contribution is 7.85. The molecule has 0 rings (SSSR count). The van der Waals surface area contributed by atoms with E-state index in [9.17, 15) is 8.42 Å². The Kier molecular flexibility index (Phi) is 18.7. The summed E-state index contributed by atoms with van der Waals surface area (Å²) < 4.78 is 22.0. The quantitative estimate of drug-likeness (QED) is 0.602. The number of hydrogen-bond acceptors (Lipinski definition) is 5. The Morgan fingerprint density at radius 2 is 1.27 bits per heavy atom. The lowest BCUT2D eigenvalue weighted by Crippen LogP contribution is -2.21. The molecule has 0 saturated carbocycles. The average molecular weight is 243 g/mol. The first-order chi connectivity index (χ1) is 6.91. The molecule has 0 unspecified atom stereocenters. The standard InChI is InChI=1S/C6H15N.C2H6.CH4O4S/c1-4-7(5-2)6-3;1-2;1-6(3,4)5-2/h4-6H2,1-3H3;1-2H3;2H,1H3. The van der Waals surface area contributed by atoms with Crippen LogP contribution in [-0.2, 0) is 14.5 Å². The molecule has 0 atom stereocenters. The van der Waals surface area contributed by atoms with Crippen LogP contribution >= 0.6 is 0 Å². The number of hydrogen-bond donors (Lipinski definition) is 1. The van der Waals surface area contributed by atoms with Crippen LogP contribution < -0.4 is 0 Å². The molecule has 5 nitrogen and oxygen atoms in total. The Labute approximate surface area is 94.1 Å². The summed E-state index contributed by atoms with van der Waals surface area (Å²) in [5.74, 6) is 0. The van der Waals surface area contributed by atoms with Crippen molar-refractivity contribution in [1.82, 2.24) is 4.90 Å². The zero-order chi connectivity index (χ0) is 12.9. The highest BCUT2D eigenvalue weighted by atomic mass is 32.2. The second kappa shape index (κ2) is 13.8. The third kappa shape index (κ3) is 24.8. The van der Waals surface area contributed by atoms with Gasteiger partial charge in [0.1, 0.15) is 0 Å². The van der Waals surface area contributed by atoms with Crippen molar-refractivity contribution in [3.63, 3.8) is 0 Å². The van der Waals surface area contributed by atoms with Crippen molar-refractivity contribution >= 4 is 10.1 Å². The summed E-state index contributed by atoms with van der Waals surface area (Å²) in [6, 6.07) is 0. The van der Waals surface area contributed by atoms with Crippen molar-refractivity contribution < 1.29 is 18.0 Å². The lowest BCUT2D eigenvalue weighted by molar-refractivity contribution is -0.129. The van der Waals surface area contributed by atoms with Gasteiger partial charge in [-0.15, -0.1) is 4.33 Å². The van der Waals surface area contributed by atoms with Gasteiger partial charge in [0.25, 0.3) is 10.1 Å². The highest BCUT2D eigenvalue weighted by Crippen LogP contribution is 1.81. The molecule has 0 saturated heterocycles. The zero-order valence-corrected chi connectivity index (χ0v) is 11.5. The summed E-state index contributed by atoms with van der Waals surface area (Å²) in [7, 11) is -3.61. The Morgan fingerprint density at radius 1 is 1.07 bits per heavy atom. The fraction of sp³-hybridized carbons (Fsp3) is 1.00. The zero-order valence-electron chi connectivity index (χ0n) is 10.6. The van der Waals surface area contributed by atoms with E-state index >= 15 is 0 Å². The predicted molar refractivity (Wildman–Crippen MR) is 63.4 cm³/mol. The van der Waals surface area contributed by atoms with Crippen LogP contribution in [0, 0.1) is 0 Å². The Morgan fingerprint density at radius 3 is 1.27 bits per heavy atom. The monoisotopic (exact) mass is 243 g/mol. The average Bonchev–Trinajstić information content (AvgIpc) is 2.23. The van der Waals surface area contributed by atoms with Crippen LogP contribution in [0.15, 0.2) is 0 Å². The first kappa shape index (κ1) is 20.3. The summed E-state index contributed by atoms with van der Waals surface area (Å²) >= 11 is 0. The highest BCUT2D eigenvalue weighted by Gasteiger charge is 1.93. The fourth-order valence-electron chi connectivity index (χ4n) is 0.671. The summed E-state index contributed by atoms with van der Waals surface area (Å²) in [5.41, 5.74) is 0. The number of rotatable bonds is 4. The van der Waals surface area contributed by atoms with E-state index < -0.39 is 10.1 Å². The van der Waals surface area contributed by atoms with E-state index in [2.05, 4.69) is 30.0 Å². The summed E-state index contributed by atoms with van der Waals surface area (Å²) in [6.07, 6.45) is 0.743. The van der Waals surface area contributed by atoms with Crippen molar-refractivity contribution in [2.75, 3.05) is 25.9 Å². The van der Waals surface area contributed by atoms with Gasteiger partial charge in [-0.25, -0.2) is 5.26 Å². The lowest BCUT2D eigenvalue weighted by atomic mass is 10.5. The Balaban J connectivity index is -0.000000166. The molecule has 0 aromatic carbocycles. The smallest absolute Gasteiger partial charge is 0.290 e. The third-order valence-corrected chi connectivity index (χ3v) is 1.75. The van der Waals surface area contributed by atoms with E-state index in [1.54, 1.807) is 0 Å². The summed E-state index contributed by atoms with van der Waals surface area (Å²) in [5, 5.41) is 7.31. The van der Waals surface area contributed by atoms with Crippen LogP contribution in [0.5, 0.6) is 0 Å². The molecule has 0 aliphatic heterocycles. The van der Waals surface area contributed by atoms with Gasteiger partial charge in [-0.2, -0.15) is 8.42 Å². The van der Waals surface area contributed by atoms with Crippen molar-refractivity contribution in [3.05, 3.63) is 0 Å². The van der Waals surface area contributed by atoms with Crippen LogP contribution in [0.2, 0.25) is 0 Å². The van der Waals surface area contributed by atoms with Crippen LogP contribution in [0.1, 0.15) is 34.6 Å². The van der Waals surface area contributed by atoms with E-state index in [1.807, 2.05) is 13.8 Å². The van der Waals surface area contributed by atoms with Gasteiger partial charge in [0.05, 0.1) is 6.26 Å². The molecule has 0 amide bonds. The van der Waals surface area contributed by atoms with Crippen molar-refractivity contribution in [2.45, 2.75) is 34.6 Å². The Bertz CT molecular complexity index is 183. The number of nitrogens with zero attached hydrogens (tertiary/aromatic N) is 1. The van der Waals surface area contributed by atoms with E-state index in [-0.39, 0.29) is 0 Å². The second-order valence-electron chi connectivity index (χ2n) is 2.40. The van der Waals surface area contributed by atoms with Crippen LogP contribution in [0.25, 0.3) is 0 Å². The van der Waals surface area contributed by atoms with Gasteiger partial charge in [0.15, 0.2) is 0 Å². The van der Waals surface area contributed by atoms with Gasteiger partial charge in [0, 0.05) is 0 Å². The third-order valence-electron chi connectivity index (χ3n) is 1.48. The molecule has 0 fully saturated rings. The maximum absolute atomic E-state index is 9.53. The molecule has 0 aliphatic rings. The van der Waals surface area contributed by atoms with E-state index in [0.29, 0.717) is 0 Å². The van der Waals surface area contributed by atoms with Gasteiger partial charge in [0.2, 0.25) is 0 Å². The molecule has 0 spiro atoms. The van der Waals surface area contributed by atoms with Crippen LogP contribution in [0.3, 0.4) is 0 Å². The van der Waals surface area contributed by atoms with Gasteiger partial charge >= 0.3 is 0 Å². The normalized spacial score (nSPS) is 9.87. The van der Waals surface area contributed by atoms with Crippen molar-refractivity contribution in [2.24, 2.45) is 0 Å². The van der Waals surface area contributed by atoms with Gasteiger partial charge < -0.3 is 4.90 Å². The maximum Gasteiger partial charge on any atom is 0.290 e. The lowest BCUT2D eigenvalue weighted by Gasteiger charge is -2.13. The van der Waals surface area contributed by atoms with E-state index in [4.69, 9.17) is 5.26 Å². The van der Waals surface area contributed by atoms with E-state index in [0.717, 1.165) is 6.26 Å². The van der Waals surface area contributed by atoms with E-state index in [1.165, 1.54) is 19.6 Å².